The topological polar surface area (TPSA) is 83.2 Å². The molecule has 7 heteroatoms. The van der Waals surface area contributed by atoms with Gasteiger partial charge >= 0.3 is 0 Å². The van der Waals surface area contributed by atoms with Crippen molar-refractivity contribution in [2.24, 2.45) is 15.0 Å². The Hall–Kier alpha value is -3.06. The van der Waals surface area contributed by atoms with E-state index in [0.29, 0.717) is 27.7 Å². The van der Waals surface area contributed by atoms with Crippen molar-refractivity contribution in [2.45, 2.75) is 0 Å². The third-order valence-electron chi connectivity index (χ3n) is 3.81. The van der Waals surface area contributed by atoms with Crippen molar-refractivity contribution in [2.75, 3.05) is 11.6 Å². The minimum atomic E-state index is -0.239. The largest absolute Gasteiger partial charge is 0.336 e. The van der Waals surface area contributed by atoms with Gasteiger partial charge in [-0.3, -0.25) is 9.59 Å². The number of amidine groups is 3. The van der Waals surface area contributed by atoms with Crippen molar-refractivity contribution in [3.05, 3.63) is 59.7 Å². The van der Waals surface area contributed by atoms with Gasteiger partial charge in [-0.1, -0.05) is 36.0 Å². The Morgan fingerprint density at radius 3 is 2.44 bits per heavy atom. The van der Waals surface area contributed by atoms with Crippen LogP contribution in [0.4, 0.5) is 11.4 Å². The van der Waals surface area contributed by atoms with E-state index >= 15 is 0 Å². The van der Waals surface area contributed by atoms with E-state index < -0.39 is 0 Å². The van der Waals surface area contributed by atoms with Crippen molar-refractivity contribution >= 4 is 51.5 Å². The average molecular weight is 348 g/mol. The van der Waals surface area contributed by atoms with Gasteiger partial charge in [-0.2, -0.15) is 4.99 Å². The molecule has 0 unspecified atom stereocenters. The van der Waals surface area contributed by atoms with Crippen molar-refractivity contribution in [1.82, 2.24) is 0 Å². The van der Waals surface area contributed by atoms with Crippen LogP contribution in [0, 0.1) is 0 Å². The number of aliphatic imine (C=N–C) groups is 3. The van der Waals surface area contributed by atoms with Crippen LogP contribution < -0.4 is 5.32 Å². The number of para-hydroxylation sites is 2. The van der Waals surface area contributed by atoms with Crippen LogP contribution in [0.15, 0.2) is 63.5 Å². The second-order valence-electron chi connectivity index (χ2n) is 5.34. The summed E-state index contributed by atoms with van der Waals surface area (Å²) in [5.41, 5.74) is 2.41. The molecule has 0 saturated heterocycles. The van der Waals surface area contributed by atoms with Crippen LogP contribution in [0.3, 0.4) is 0 Å². The molecule has 2 aliphatic heterocycles. The van der Waals surface area contributed by atoms with Gasteiger partial charge < -0.3 is 5.32 Å². The summed E-state index contributed by atoms with van der Waals surface area (Å²) < 4.78 is 0. The van der Waals surface area contributed by atoms with Gasteiger partial charge in [0.15, 0.2) is 11.0 Å². The number of rotatable bonds is 0. The summed E-state index contributed by atoms with van der Waals surface area (Å²) in [5.74, 6) is -0.160. The average Bonchev–Trinajstić information content (AvgIpc) is 3.12. The number of carbonyl (C=O) groups excluding carboxylic acids is 2. The fraction of sp³-hybridized carbons (Fsp3) is 0.0556. The van der Waals surface area contributed by atoms with Gasteiger partial charge in [0.1, 0.15) is 0 Å². The maximum Gasteiger partial charge on any atom is 0.232 e. The highest BCUT2D eigenvalue weighted by Crippen LogP contribution is 2.27. The Balaban J connectivity index is 1.66. The maximum absolute atomic E-state index is 12.4. The molecule has 0 radical (unpaired) electrons. The third-order valence-corrected chi connectivity index (χ3v) is 4.36. The minimum Gasteiger partial charge on any atom is -0.336 e. The fourth-order valence-corrected chi connectivity index (χ4v) is 2.97. The number of benzene rings is 2. The lowest BCUT2D eigenvalue weighted by Crippen LogP contribution is -2.16. The first-order valence-corrected chi connectivity index (χ1v) is 8.74. The molecule has 0 amide bonds. The van der Waals surface area contributed by atoms with Crippen LogP contribution in [0.5, 0.6) is 0 Å². The molecule has 2 aliphatic rings. The number of anilines is 1. The van der Waals surface area contributed by atoms with Gasteiger partial charge in [0.25, 0.3) is 0 Å². The number of Topliss-reactive ketones (excluding diaryl/α,β-unsaturated/α-hetero) is 2. The van der Waals surface area contributed by atoms with E-state index in [2.05, 4.69) is 20.3 Å². The van der Waals surface area contributed by atoms with Crippen LogP contribution in [0.1, 0.15) is 20.7 Å². The fourth-order valence-electron chi connectivity index (χ4n) is 2.61. The van der Waals surface area contributed by atoms with Crippen molar-refractivity contribution in [3.8, 4) is 0 Å². The summed E-state index contributed by atoms with van der Waals surface area (Å²) in [6, 6.07) is 14.3. The normalized spacial score (nSPS) is 17.4. The molecule has 6 nitrogen and oxygen atoms in total. The molecule has 4 rings (SSSR count). The molecule has 0 saturated carbocycles. The number of hydrogen-bond donors (Lipinski definition) is 1. The molecule has 2 aromatic carbocycles. The summed E-state index contributed by atoms with van der Waals surface area (Å²) in [5, 5.41) is 3.28. The summed E-state index contributed by atoms with van der Waals surface area (Å²) >= 11 is 1.24. The van der Waals surface area contributed by atoms with Crippen molar-refractivity contribution in [3.63, 3.8) is 0 Å². The van der Waals surface area contributed by atoms with Crippen LogP contribution >= 0.6 is 11.8 Å². The van der Waals surface area contributed by atoms with E-state index in [4.69, 9.17) is 0 Å². The van der Waals surface area contributed by atoms with E-state index in [0.717, 1.165) is 0 Å². The lowest BCUT2D eigenvalue weighted by molar-refractivity contribution is 0.106. The predicted octanol–water partition coefficient (Wildman–Crippen LogP) is 3.34. The second kappa shape index (κ2) is 6.10. The highest BCUT2D eigenvalue weighted by molar-refractivity contribution is 8.13. The van der Waals surface area contributed by atoms with Crippen LogP contribution in [-0.2, 0) is 0 Å². The summed E-state index contributed by atoms with van der Waals surface area (Å²) in [6.07, 6.45) is 1.78. The number of nitrogens with one attached hydrogen (secondary N) is 1. The molecule has 0 aliphatic carbocycles. The Labute approximate surface area is 147 Å². The number of ketones is 2. The number of thioether (sulfide) groups is 1. The first-order chi connectivity index (χ1) is 12.2. The van der Waals surface area contributed by atoms with Crippen LogP contribution in [0.25, 0.3) is 0 Å². The van der Waals surface area contributed by atoms with Gasteiger partial charge in [0.2, 0.25) is 17.4 Å². The number of hydrogen-bond acceptors (Lipinski definition) is 5. The highest BCUT2D eigenvalue weighted by Gasteiger charge is 2.27. The molecule has 0 bridgehead atoms. The molecule has 0 aromatic heterocycles. The van der Waals surface area contributed by atoms with Crippen molar-refractivity contribution < 1.29 is 9.59 Å². The van der Waals surface area contributed by atoms with E-state index in [-0.39, 0.29) is 23.2 Å². The quantitative estimate of drug-likeness (QED) is 0.585. The summed E-state index contributed by atoms with van der Waals surface area (Å²) in [4.78, 5) is 37.5. The first-order valence-electron chi connectivity index (χ1n) is 7.52. The Morgan fingerprint density at radius 2 is 1.72 bits per heavy atom. The molecule has 0 atom stereocenters. The van der Waals surface area contributed by atoms with Gasteiger partial charge in [0, 0.05) is 5.56 Å². The molecule has 25 heavy (non-hydrogen) atoms. The monoisotopic (exact) mass is 348 g/mol. The van der Waals surface area contributed by atoms with Gasteiger partial charge in [0.05, 0.1) is 16.9 Å². The predicted molar refractivity (Wildman–Crippen MR) is 101 cm³/mol. The van der Waals surface area contributed by atoms with Crippen LogP contribution in [-0.4, -0.2) is 34.7 Å². The number of fused-ring (bicyclic) bond motifs is 2. The van der Waals surface area contributed by atoms with E-state index in [9.17, 15) is 9.59 Å². The minimum absolute atomic E-state index is 0.0814. The summed E-state index contributed by atoms with van der Waals surface area (Å²) in [7, 11) is 0. The lowest BCUT2D eigenvalue weighted by atomic mass is 10.1. The molecule has 0 fully saturated rings. The van der Waals surface area contributed by atoms with Crippen molar-refractivity contribution in [1.29, 1.82) is 0 Å². The zero-order valence-corrected chi connectivity index (χ0v) is 14.0. The van der Waals surface area contributed by atoms with Gasteiger partial charge in [-0.05, 0) is 30.5 Å². The summed E-state index contributed by atoms with van der Waals surface area (Å²) in [6.45, 7) is 0. The highest BCUT2D eigenvalue weighted by atomic mass is 32.2. The van der Waals surface area contributed by atoms with Gasteiger partial charge in [-0.25, -0.2) is 9.98 Å². The SMILES string of the molecule is CSC(=NC1=Nc2ccccc2C1=O)N=C1Nc2ccccc2C1=O. The third kappa shape index (κ3) is 2.68. The van der Waals surface area contributed by atoms with Gasteiger partial charge in [-0.15, -0.1) is 0 Å². The van der Waals surface area contributed by atoms with E-state index in [1.165, 1.54) is 11.8 Å². The van der Waals surface area contributed by atoms with Crippen LogP contribution in [0.2, 0.25) is 0 Å². The molecule has 2 heterocycles. The van der Waals surface area contributed by atoms with E-state index in [1.54, 1.807) is 36.6 Å². The molecule has 122 valence electrons. The standard InChI is InChI=1S/C18H12N4O2S/c1-25-18(21-16-14(23)10-6-2-4-8-12(10)19-16)22-17-15(24)11-7-3-5-9-13(11)20-17/h2-9H,1H3,(H,19,20,21,22,23,24). The number of carbonyl (C=O) groups is 2. The molecule has 1 N–H and O–H groups in total. The smallest absolute Gasteiger partial charge is 0.232 e. The maximum atomic E-state index is 12.4. The molecular weight excluding hydrogens is 336 g/mol. The Kier molecular flexibility index (Phi) is 3.77. The Bertz CT molecular complexity index is 1010. The lowest BCUT2D eigenvalue weighted by Gasteiger charge is -1.99. The zero-order valence-electron chi connectivity index (χ0n) is 13.2. The Morgan fingerprint density at radius 1 is 1.00 bits per heavy atom. The number of nitrogens with zero attached hydrogens (tertiary/aromatic N) is 3. The first kappa shape index (κ1) is 15.5. The molecule has 2 aromatic rings. The molecule has 0 spiro atoms. The zero-order chi connectivity index (χ0) is 17.4. The second-order valence-corrected chi connectivity index (χ2v) is 6.11. The van der Waals surface area contributed by atoms with E-state index in [1.807, 2.05) is 18.2 Å². The molecular formula is C18H12N4O2S.